The first-order valence-corrected chi connectivity index (χ1v) is 7.71. The zero-order valence-corrected chi connectivity index (χ0v) is 13.1. The van der Waals surface area contributed by atoms with E-state index in [-0.39, 0.29) is 24.6 Å². The number of nitrogens with zero attached hydrogens (tertiary/aromatic N) is 2. The number of hydrogen-bond acceptors (Lipinski definition) is 3. The fraction of sp³-hybridized carbons (Fsp3) is 0.438. The van der Waals surface area contributed by atoms with Crippen LogP contribution >= 0.6 is 0 Å². The molecule has 2 rings (SSSR count). The summed E-state index contributed by atoms with van der Waals surface area (Å²) < 4.78 is 3.10. The molecule has 23 heavy (non-hydrogen) atoms. The van der Waals surface area contributed by atoms with Crippen molar-refractivity contribution in [3.63, 3.8) is 0 Å². The zero-order chi connectivity index (χ0) is 16.8. The van der Waals surface area contributed by atoms with Gasteiger partial charge < -0.3 is 10.4 Å². The van der Waals surface area contributed by atoms with E-state index >= 15 is 0 Å². The Morgan fingerprint density at radius 1 is 1.13 bits per heavy atom. The number of rotatable bonds is 8. The fourth-order valence-corrected chi connectivity index (χ4v) is 2.56. The van der Waals surface area contributed by atoms with Gasteiger partial charge in [-0.3, -0.25) is 18.7 Å². The van der Waals surface area contributed by atoms with Crippen molar-refractivity contribution >= 4 is 22.9 Å². The van der Waals surface area contributed by atoms with Gasteiger partial charge >= 0.3 is 11.7 Å². The molecule has 0 aliphatic rings. The molecule has 2 aromatic rings. The smallest absolute Gasteiger partial charge is 0.329 e. The standard InChI is InChI=1S/C16H21N3O4/c1-2-18-12-7-3-4-8-13(12)19(16(18)23)11-14(20)17-10-6-5-9-15(21)22/h3-4,7-8H,2,5-6,9-11H2,1H3,(H,17,20)(H,21,22). The summed E-state index contributed by atoms with van der Waals surface area (Å²) in [6.07, 6.45) is 1.22. The highest BCUT2D eigenvalue weighted by atomic mass is 16.4. The van der Waals surface area contributed by atoms with E-state index in [9.17, 15) is 14.4 Å². The SMILES string of the molecule is CCn1c(=O)n(CC(=O)NCCCCC(=O)O)c2ccccc21. The Morgan fingerprint density at radius 3 is 2.39 bits per heavy atom. The van der Waals surface area contributed by atoms with E-state index < -0.39 is 5.97 Å². The Kier molecular flexibility index (Phi) is 5.56. The van der Waals surface area contributed by atoms with Crippen molar-refractivity contribution in [3.8, 4) is 0 Å². The molecular weight excluding hydrogens is 298 g/mol. The van der Waals surface area contributed by atoms with Crippen LogP contribution in [-0.2, 0) is 22.7 Å². The third-order valence-electron chi connectivity index (χ3n) is 3.68. The molecule has 0 bridgehead atoms. The summed E-state index contributed by atoms with van der Waals surface area (Å²) in [5.74, 6) is -1.09. The summed E-state index contributed by atoms with van der Waals surface area (Å²) in [5.41, 5.74) is 1.35. The van der Waals surface area contributed by atoms with Gasteiger partial charge in [-0.15, -0.1) is 0 Å². The summed E-state index contributed by atoms with van der Waals surface area (Å²) in [6, 6.07) is 7.38. The normalized spacial score (nSPS) is 10.8. The molecule has 124 valence electrons. The second-order valence-electron chi connectivity index (χ2n) is 5.30. The summed E-state index contributed by atoms with van der Waals surface area (Å²) in [5, 5.41) is 11.3. The van der Waals surface area contributed by atoms with Crippen molar-refractivity contribution in [2.24, 2.45) is 0 Å². The lowest BCUT2D eigenvalue weighted by Gasteiger charge is -2.05. The van der Waals surface area contributed by atoms with Crippen LogP contribution in [0.1, 0.15) is 26.2 Å². The van der Waals surface area contributed by atoms with Crippen LogP contribution < -0.4 is 11.0 Å². The van der Waals surface area contributed by atoms with E-state index in [1.807, 2.05) is 31.2 Å². The number of amides is 1. The van der Waals surface area contributed by atoms with Crippen LogP contribution in [0, 0.1) is 0 Å². The van der Waals surface area contributed by atoms with Gasteiger partial charge in [-0.2, -0.15) is 0 Å². The number of benzene rings is 1. The number of aliphatic carboxylic acids is 1. The van der Waals surface area contributed by atoms with Crippen LogP contribution in [0.15, 0.2) is 29.1 Å². The van der Waals surface area contributed by atoms with Crippen LogP contribution in [0.2, 0.25) is 0 Å². The van der Waals surface area contributed by atoms with E-state index in [2.05, 4.69) is 5.32 Å². The number of carbonyl (C=O) groups excluding carboxylic acids is 1. The number of carboxylic acids is 1. The third-order valence-corrected chi connectivity index (χ3v) is 3.68. The Hall–Kier alpha value is -2.57. The fourth-order valence-electron chi connectivity index (χ4n) is 2.56. The van der Waals surface area contributed by atoms with Gasteiger partial charge in [0.15, 0.2) is 0 Å². The van der Waals surface area contributed by atoms with Crippen molar-refractivity contribution < 1.29 is 14.7 Å². The number of hydrogen-bond donors (Lipinski definition) is 2. The lowest BCUT2D eigenvalue weighted by Crippen LogP contribution is -2.33. The number of aromatic nitrogens is 2. The van der Waals surface area contributed by atoms with Crippen LogP contribution in [-0.4, -0.2) is 32.7 Å². The number of fused-ring (bicyclic) bond motifs is 1. The third kappa shape index (κ3) is 4.00. The van der Waals surface area contributed by atoms with Gasteiger partial charge in [-0.05, 0) is 31.9 Å². The zero-order valence-electron chi connectivity index (χ0n) is 13.1. The second-order valence-corrected chi connectivity index (χ2v) is 5.30. The van der Waals surface area contributed by atoms with E-state index in [1.54, 1.807) is 4.57 Å². The molecule has 0 aliphatic carbocycles. The largest absolute Gasteiger partial charge is 0.481 e. The van der Waals surface area contributed by atoms with E-state index in [4.69, 9.17) is 5.11 Å². The Morgan fingerprint density at radius 2 is 1.78 bits per heavy atom. The molecule has 0 unspecified atom stereocenters. The highest BCUT2D eigenvalue weighted by Crippen LogP contribution is 2.12. The maximum absolute atomic E-state index is 12.4. The molecule has 1 amide bonds. The molecule has 7 heteroatoms. The van der Waals surface area contributed by atoms with E-state index in [0.717, 1.165) is 11.0 Å². The maximum atomic E-state index is 12.4. The van der Waals surface area contributed by atoms with E-state index in [1.165, 1.54) is 4.57 Å². The van der Waals surface area contributed by atoms with Gasteiger partial charge in [0.2, 0.25) is 5.91 Å². The van der Waals surface area contributed by atoms with Crippen molar-refractivity contribution in [2.45, 2.75) is 39.3 Å². The van der Waals surface area contributed by atoms with Gasteiger partial charge in [-0.25, -0.2) is 4.79 Å². The second kappa shape index (κ2) is 7.62. The minimum atomic E-state index is -0.838. The Bertz CT molecular complexity index is 760. The van der Waals surface area contributed by atoms with Gasteiger partial charge in [-0.1, -0.05) is 12.1 Å². The van der Waals surface area contributed by atoms with Crippen molar-refractivity contribution in [1.29, 1.82) is 0 Å². The molecule has 7 nitrogen and oxygen atoms in total. The van der Waals surface area contributed by atoms with Crippen LogP contribution in [0.4, 0.5) is 0 Å². The maximum Gasteiger partial charge on any atom is 0.329 e. The molecule has 0 saturated heterocycles. The molecule has 1 aromatic heterocycles. The van der Waals surface area contributed by atoms with Crippen molar-refractivity contribution in [2.75, 3.05) is 6.54 Å². The monoisotopic (exact) mass is 319 g/mol. The van der Waals surface area contributed by atoms with Gasteiger partial charge in [0, 0.05) is 19.5 Å². The number of imidazole rings is 1. The number of aryl methyl sites for hydroxylation is 1. The predicted molar refractivity (Wildman–Crippen MR) is 86.4 cm³/mol. The lowest BCUT2D eigenvalue weighted by atomic mass is 10.2. The molecule has 1 heterocycles. The topological polar surface area (TPSA) is 93.3 Å². The summed E-state index contributed by atoms with van der Waals surface area (Å²) in [7, 11) is 0. The van der Waals surface area contributed by atoms with Gasteiger partial charge in [0.25, 0.3) is 0 Å². The number of carboxylic acid groups (broad SMARTS) is 1. The highest BCUT2D eigenvalue weighted by molar-refractivity contribution is 5.80. The Labute approximate surface area is 133 Å². The molecule has 1 aromatic carbocycles. The molecule has 0 fully saturated rings. The van der Waals surface area contributed by atoms with Crippen molar-refractivity contribution in [1.82, 2.24) is 14.5 Å². The molecule has 2 N–H and O–H groups in total. The van der Waals surface area contributed by atoms with Gasteiger partial charge in [0.05, 0.1) is 11.0 Å². The molecule has 0 aliphatic heterocycles. The molecule has 0 saturated carbocycles. The number of carbonyl (C=O) groups is 2. The van der Waals surface area contributed by atoms with E-state index in [0.29, 0.717) is 25.9 Å². The minimum absolute atomic E-state index is 0.0364. The summed E-state index contributed by atoms with van der Waals surface area (Å²) in [6.45, 7) is 2.81. The quantitative estimate of drug-likeness (QED) is 0.715. The average Bonchev–Trinajstić information content (AvgIpc) is 2.79. The molecular formula is C16H21N3O4. The van der Waals surface area contributed by atoms with Crippen molar-refractivity contribution in [3.05, 3.63) is 34.7 Å². The number of nitrogens with one attached hydrogen (secondary N) is 1. The van der Waals surface area contributed by atoms with Crippen LogP contribution in [0.3, 0.4) is 0 Å². The number of unbranched alkanes of at least 4 members (excludes halogenated alkanes) is 1. The first kappa shape index (κ1) is 16.8. The lowest BCUT2D eigenvalue weighted by molar-refractivity contribution is -0.137. The first-order chi connectivity index (χ1) is 11.0. The highest BCUT2D eigenvalue weighted by Gasteiger charge is 2.13. The summed E-state index contributed by atoms with van der Waals surface area (Å²) in [4.78, 5) is 34.8. The predicted octanol–water partition coefficient (Wildman–Crippen LogP) is 1.19. The molecule has 0 spiro atoms. The van der Waals surface area contributed by atoms with Crippen LogP contribution in [0.5, 0.6) is 0 Å². The summed E-state index contributed by atoms with van der Waals surface area (Å²) >= 11 is 0. The Balaban J connectivity index is 2.01. The average molecular weight is 319 g/mol. The van der Waals surface area contributed by atoms with Crippen LogP contribution in [0.25, 0.3) is 11.0 Å². The first-order valence-electron chi connectivity index (χ1n) is 7.71. The molecule has 0 radical (unpaired) electrons. The minimum Gasteiger partial charge on any atom is -0.481 e. The molecule has 0 atom stereocenters. The number of para-hydroxylation sites is 2. The van der Waals surface area contributed by atoms with Gasteiger partial charge in [0.1, 0.15) is 6.54 Å².